The normalized spacial score (nSPS) is 11.4. The van der Waals surface area contributed by atoms with Gasteiger partial charge in [0.05, 0.1) is 28.6 Å². The van der Waals surface area contributed by atoms with E-state index in [2.05, 4.69) is 92.1 Å². The summed E-state index contributed by atoms with van der Waals surface area (Å²) in [5, 5.41) is 2.29. The topological polar surface area (TPSA) is 35.6 Å². The first-order valence-electron chi connectivity index (χ1n) is 12.1. The molecule has 3 heterocycles. The molecule has 5 heteroatoms. The number of nitrogens with zero attached hydrogens (tertiary/aromatic N) is 4. The van der Waals surface area contributed by atoms with E-state index in [0.29, 0.717) is 5.82 Å². The lowest BCUT2D eigenvalue weighted by atomic mass is 10.1. The average molecular weight is 541 g/mol. The second kappa shape index (κ2) is 8.87. The van der Waals surface area contributed by atoms with Gasteiger partial charge in [-0.2, -0.15) is 0 Å². The van der Waals surface area contributed by atoms with Crippen LogP contribution in [-0.4, -0.2) is 19.1 Å². The van der Waals surface area contributed by atoms with Gasteiger partial charge in [0.1, 0.15) is 0 Å². The molecular formula is C32H21BrN4. The molecule has 0 aliphatic rings. The molecule has 0 spiro atoms. The predicted molar refractivity (Wildman–Crippen MR) is 154 cm³/mol. The summed E-state index contributed by atoms with van der Waals surface area (Å²) >= 11 is 3.82. The first-order valence-corrected chi connectivity index (χ1v) is 12.9. The Balaban J connectivity index is 1.54. The fourth-order valence-electron chi connectivity index (χ4n) is 4.99. The highest BCUT2D eigenvalue weighted by atomic mass is 79.9. The van der Waals surface area contributed by atoms with E-state index < -0.39 is 0 Å². The summed E-state index contributed by atoms with van der Waals surface area (Å²) in [5.74, 6) is 0.707. The van der Waals surface area contributed by atoms with Crippen LogP contribution in [0.5, 0.6) is 0 Å². The summed E-state index contributed by atoms with van der Waals surface area (Å²) in [6.45, 7) is 0. The number of hydrogen-bond acceptors (Lipinski definition) is 2. The fourth-order valence-corrected chi connectivity index (χ4v) is 5.55. The van der Waals surface area contributed by atoms with Crippen molar-refractivity contribution in [1.82, 2.24) is 19.1 Å². The molecule has 0 atom stereocenters. The van der Waals surface area contributed by atoms with Crippen LogP contribution < -0.4 is 0 Å². The molecule has 4 nitrogen and oxygen atoms in total. The van der Waals surface area contributed by atoms with E-state index in [0.717, 1.165) is 54.5 Å². The SMILES string of the molecule is Brc1cc2ccn(-c3ccccc3)c2c2c1ccn2-c1cnc(-c2ccccc2)nc1-c1ccccc1. The van der Waals surface area contributed by atoms with Gasteiger partial charge in [-0.1, -0.05) is 94.8 Å². The van der Waals surface area contributed by atoms with Gasteiger partial charge in [0.15, 0.2) is 5.82 Å². The number of fused-ring (bicyclic) bond motifs is 3. The third kappa shape index (κ3) is 3.67. The van der Waals surface area contributed by atoms with Crippen LogP contribution in [0.25, 0.3) is 55.8 Å². The molecule has 0 aliphatic carbocycles. The highest BCUT2D eigenvalue weighted by molar-refractivity contribution is 9.10. The molecule has 0 saturated heterocycles. The molecule has 0 amide bonds. The zero-order valence-corrected chi connectivity index (χ0v) is 21.4. The number of benzene rings is 4. The van der Waals surface area contributed by atoms with E-state index in [1.807, 2.05) is 60.8 Å². The Labute approximate surface area is 222 Å². The van der Waals surface area contributed by atoms with Crippen LogP contribution in [0.4, 0.5) is 0 Å². The van der Waals surface area contributed by atoms with Crippen molar-refractivity contribution in [3.05, 3.63) is 132 Å². The summed E-state index contributed by atoms with van der Waals surface area (Å²) in [6.07, 6.45) is 6.19. The zero-order valence-electron chi connectivity index (χ0n) is 19.8. The van der Waals surface area contributed by atoms with Crippen LogP contribution in [0, 0.1) is 0 Å². The van der Waals surface area contributed by atoms with Gasteiger partial charge in [-0.15, -0.1) is 0 Å². The van der Waals surface area contributed by atoms with Gasteiger partial charge < -0.3 is 9.13 Å². The van der Waals surface area contributed by atoms with Gasteiger partial charge in [-0.05, 0) is 30.3 Å². The van der Waals surface area contributed by atoms with E-state index in [-0.39, 0.29) is 0 Å². The van der Waals surface area contributed by atoms with Gasteiger partial charge in [0.2, 0.25) is 0 Å². The average Bonchev–Trinajstić information content (AvgIpc) is 3.59. The molecule has 4 aromatic carbocycles. The quantitative estimate of drug-likeness (QED) is 0.224. The molecule has 0 bridgehead atoms. The van der Waals surface area contributed by atoms with E-state index >= 15 is 0 Å². The Hall–Kier alpha value is -4.48. The maximum atomic E-state index is 5.10. The number of halogens is 1. The molecule has 7 rings (SSSR count). The fraction of sp³-hybridized carbons (Fsp3) is 0. The maximum absolute atomic E-state index is 5.10. The van der Waals surface area contributed by atoms with Crippen LogP contribution in [-0.2, 0) is 0 Å². The lowest BCUT2D eigenvalue weighted by molar-refractivity contribution is 1.05. The minimum Gasteiger partial charge on any atom is -0.315 e. The Morgan fingerprint density at radius 1 is 0.622 bits per heavy atom. The van der Waals surface area contributed by atoms with Gasteiger partial charge in [0, 0.05) is 44.5 Å². The van der Waals surface area contributed by atoms with Crippen molar-refractivity contribution in [2.24, 2.45) is 0 Å². The van der Waals surface area contributed by atoms with E-state index in [1.54, 1.807) is 0 Å². The first-order chi connectivity index (χ1) is 18.3. The van der Waals surface area contributed by atoms with E-state index in [9.17, 15) is 0 Å². The molecule has 37 heavy (non-hydrogen) atoms. The lowest BCUT2D eigenvalue weighted by Gasteiger charge is -2.15. The zero-order chi connectivity index (χ0) is 24.8. The number of para-hydroxylation sites is 1. The standard InChI is InChI=1S/C32H21BrN4/c33-27-20-24-16-18-36(25-14-8-3-9-15-25)30(24)31-26(27)17-19-37(31)28-21-34-32(23-12-6-2-7-13-23)35-29(28)22-10-4-1-5-11-22/h1-21H. The summed E-state index contributed by atoms with van der Waals surface area (Å²) in [5.41, 5.74) is 7.22. The van der Waals surface area contributed by atoms with E-state index in [4.69, 9.17) is 9.97 Å². The minimum atomic E-state index is 0.707. The minimum absolute atomic E-state index is 0.707. The van der Waals surface area contributed by atoms with Crippen molar-refractivity contribution < 1.29 is 0 Å². The molecule has 176 valence electrons. The van der Waals surface area contributed by atoms with Gasteiger partial charge in [-0.25, -0.2) is 9.97 Å². The summed E-state index contributed by atoms with van der Waals surface area (Å²) in [7, 11) is 0. The van der Waals surface area contributed by atoms with Crippen molar-refractivity contribution in [3.8, 4) is 34.0 Å². The summed E-state index contributed by atoms with van der Waals surface area (Å²) in [6, 6.07) is 37.4. The molecule has 7 aromatic rings. The van der Waals surface area contributed by atoms with Gasteiger partial charge >= 0.3 is 0 Å². The van der Waals surface area contributed by atoms with Crippen molar-refractivity contribution in [1.29, 1.82) is 0 Å². The predicted octanol–water partition coefficient (Wildman–Crippen LogP) is 8.46. The van der Waals surface area contributed by atoms with Crippen molar-refractivity contribution >= 4 is 37.7 Å². The largest absolute Gasteiger partial charge is 0.315 e. The third-order valence-corrected chi connectivity index (χ3v) is 7.37. The molecular weight excluding hydrogens is 520 g/mol. The summed E-state index contributed by atoms with van der Waals surface area (Å²) < 4.78 is 5.53. The highest BCUT2D eigenvalue weighted by Crippen LogP contribution is 2.38. The molecule has 0 radical (unpaired) electrons. The van der Waals surface area contributed by atoms with Crippen LogP contribution in [0.1, 0.15) is 0 Å². The first kappa shape index (κ1) is 21.8. The molecule has 3 aromatic heterocycles. The third-order valence-electron chi connectivity index (χ3n) is 6.71. The highest BCUT2D eigenvalue weighted by Gasteiger charge is 2.19. The van der Waals surface area contributed by atoms with Crippen molar-refractivity contribution in [2.75, 3.05) is 0 Å². The molecule has 0 aliphatic heterocycles. The number of rotatable bonds is 4. The monoisotopic (exact) mass is 540 g/mol. The van der Waals surface area contributed by atoms with Crippen molar-refractivity contribution in [3.63, 3.8) is 0 Å². The molecule has 0 N–H and O–H groups in total. The van der Waals surface area contributed by atoms with E-state index in [1.165, 1.54) is 0 Å². The number of aromatic nitrogens is 4. The number of hydrogen-bond donors (Lipinski definition) is 0. The second-order valence-electron chi connectivity index (χ2n) is 8.93. The van der Waals surface area contributed by atoms with Crippen LogP contribution in [0.3, 0.4) is 0 Å². The lowest BCUT2D eigenvalue weighted by Crippen LogP contribution is -2.03. The Morgan fingerprint density at radius 2 is 1.27 bits per heavy atom. The Kier molecular flexibility index (Phi) is 5.22. The van der Waals surface area contributed by atoms with Crippen molar-refractivity contribution in [2.45, 2.75) is 0 Å². The molecule has 0 unspecified atom stereocenters. The second-order valence-corrected chi connectivity index (χ2v) is 9.78. The smallest absolute Gasteiger partial charge is 0.159 e. The molecule has 0 fully saturated rings. The van der Waals surface area contributed by atoms with Gasteiger partial charge in [-0.3, -0.25) is 0 Å². The Bertz CT molecular complexity index is 1870. The van der Waals surface area contributed by atoms with Crippen LogP contribution in [0.2, 0.25) is 0 Å². The maximum Gasteiger partial charge on any atom is 0.159 e. The molecule has 0 saturated carbocycles. The van der Waals surface area contributed by atoms with Crippen LogP contribution >= 0.6 is 15.9 Å². The Morgan fingerprint density at radius 3 is 2.00 bits per heavy atom. The van der Waals surface area contributed by atoms with Crippen LogP contribution in [0.15, 0.2) is 132 Å². The van der Waals surface area contributed by atoms with Gasteiger partial charge in [0.25, 0.3) is 0 Å². The summed E-state index contributed by atoms with van der Waals surface area (Å²) in [4.78, 5) is 9.91.